The van der Waals surface area contributed by atoms with Crippen LogP contribution >= 0.6 is 22.6 Å². The lowest BCUT2D eigenvalue weighted by Gasteiger charge is -2.07. The molecule has 0 aromatic heterocycles. The molecule has 2 N–H and O–H groups in total. The van der Waals surface area contributed by atoms with Crippen molar-refractivity contribution in [1.82, 2.24) is 0 Å². The fraction of sp³-hybridized carbons (Fsp3) is 0.0667. The van der Waals surface area contributed by atoms with Gasteiger partial charge in [0.05, 0.1) is 6.42 Å². The molecular formula is C15H11IO4. The quantitative estimate of drug-likeness (QED) is 0.628. The van der Waals surface area contributed by atoms with E-state index in [2.05, 4.69) is 22.6 Å². The molecule has 0 aliphatic carbocycles. The summed E-state index contributed by atoms with van der Waals surface area (Å²) in [6, 6.07) is 11.4. The van der Waals surface area contributed by atoms with Gasteiger partial charge >= 0.3 is 11.9 Å². The van der Waals surface area contributed by atoms with Crippen molar-refractivity contribution in [2.75, 3.05) is 0 Å². The Bertz CT molecular complexity index is 719. The van der Waals surface area contributed by atoms with Crippen LogP contribution in [0.5, 0.6) is 0 Å². The summed E-state index contributed by atoms with van der Waals surface area (Å²) in [5.74, 6) is -2.37. The Kier molecular flexibility index (Phi) is 4.39. The summed E-state index contributed by atoms with van der Waals surface area (Å²) in [5, 5.41) is 19.8. The molecule has 0 spiro atoms. The minimum absolute atomic E-state index is 0.133. The Morgan fingerprint density at radius 2 is 1.80 bits per heavy atom. The van der Waals surface area contributed by atoms with Gasteiger partial charge in [-0.05, 0) is 51.1 Å². The van der Waals surface area contributed by atoms with Crippen molar-refractivity contribution in [2.24, 2.45) is 0 Å². The maximum atomic E-state index is 11.2. The predicted molar refractivity (Wildman–Crippen MR) is 84.5 cm³/mol. The van der Waals surface area contributed by atoms with Crippen molar-refractivity contribution in [3.63, 3.8) is 0 Å². The Labute approximate surface area is 128 Å². The number of fused-ring (bicyclic) bond motifs is 1. The van der Waals surface area contributed by atoms with Crippen LogP contribution in [0.25, 0.3) is 16.8 Å². The van der Waals surface area contributed by atoms with Gasteiger partial charge in [-0.3, -0.25) is 4.79 Å². The number of benzene rings is 2. The number of hydrogen-bond acceptors (Lipinski definition) is 2. The van der Waals surface area contributed by atoms with Crippen molar-refractivity contribution in [3.05, 3.63) is 51.1 Å². The first-order valence-corrected chi connectivity index (χ1v) is 6.90. The Hall–Kier alpha value is -1.89. The lowest BCUT2D eigenvalue weighted by atomic mass is 10.0. The molecule has 0 saturated heterocycles. The van der Waals surface area contributed by atoms with Gasteiger partial charge in [0, 0.05) is 9.14 Å². The molecule has 0 amide bonds. The van der Waals surface area contributed by atoms with Crippen molar-refractivity contribution in [1.29, 1.82) is 0 Å². The molecule has 0 fully saturated rings. The van der Waals surface area contributed by atoms with E-state index < -0.39 is 18.4 Å². The van der Waals surface area contributed by atoms with Crippen molar-refractivity contribution in [3.8, 4) is 0 Å². The van der Waals surface area contributed by atoms with Crippen LogP contribution in [-0.4, -0.2) is 22.2 Å². The summed E-state index contributed by atoms with van der Waals surface area (Å²) in [6.07, 6.45) is 0.940. The van der Waals surface area contributed by atoms with Gasteiger partial charge in [-0.15, -0.1) is 0 Å². The minimum atomic E-state index is -1.21. The van der Waals surface area contributed by atoms with Gasteiger partial charge < -0.3 is 10.2 Å². The van der Waals surface area contributed by atoms with Gasteiger partial charge in [-0.2, -0.15) is 0 Å². The standard InChI is InChI=1S/C15H11IO4/c16-13-6-5-9-3-1-2-4-11(9)12(13)7-10(15(19)20)8-14(17)18/h1-7H,8H2,(H,17,18)(H,19,20). The smallest absolute Gasteiger partial charge is 0.332 e. The molecule has 0 aliphatic rings. The third-order valence-corrected chi connectivity index (χ3v) is 3.79. The van der Waals surface area contributed by atoms with Crippen LogP contribution in [0.1, 0.15) is 12.0 Å². The molecule has 0 atom stereocenters. The first-order chi connectivity index (χ1) is 9.49. The highest BCUT2D eigenvalue weighted by atomic mass is 127. The molecular weight excluding hydrogens is 371 g/mol. The van der Waals surface area contributed by atoms with Crippen LogP contribution < -0.4 is 0 Å². The highest BCUT2D eigenvalue weighted by Gasteiger charge is 2.13. The van der Waals surface area contributed by atoms with E-state index in [1.54, 1.807) is 0 Å². The highest BCUT2D eigenvalue weighted by molar-refractivity contribution is 14.1. The van der Waals surface area contributed by atoms with Crippen LogP contribution in [0, 0.1) is 3.57 Å². The predicted octanol–water partition coefficient (Wildman–Crippen LogP) is 3.39. The number of carboxylic acid groups (broad SMARTS) is 2. The molecule has 2 rings (SSSR count). The third-order valence-electron chi connectivity index (χ3n) is 2.85. The third kappa shape index (κ3) is 3.16. The molecule has 0 saturated carbocycles. The normalized spacial score (nSPS) is 11.6. The summed E-state index contributed by atoms with van der Waals surface area (Å²) >= 11 is 2.11. The summed E-state index contributed by atoms with van der Waals surface area (Å²) in [5.41, 5.74) is 0.606. The van der Waals surface area contributed by atoms with E-state index in [1.807, 2.05) is 36.4 Å². The molecule has 0 heterocycles. The van der Waals surface area contributed by atoms with Crippen LogP contribution in [0.3, 0.4) is 0 Å². The molecule has 2 aromatic rings. The van der Waals surface area contributed by atoms with Crippen LogP contribution in [-0.2, 0) is 9.59 Å². The molecule has 0 aliphatic heterocycles. The van der Waals surface area contributed by atoms with Gasteiger partial charge in [-0.25, -0.2) is 4.79 Å². The molecule has 5 heteroatoms. The average molecular weight is 382 g/mol. The number of aliphatic carboxylic acids is 2. The fourth-order valence-corrected chi connectivity index (χ4v) is 2.57. The van der Waals surface area contributed by atoms with Crippen molar-refractivity contribution in [2.45, 2.75) is 6.42 Å². The summed E-state index contributed by atoms with van der Waals surface area (Å²) in [7, 11) is 0. The lowest BCUT2D eigenvalue weighted by molar-refractivity contribution is -0.139. The molecule has 2 aromatic carbocycles. The zero-order valence-corrected chi connectivity index (χ0v) is 12.5. The number of hydrogen-bond donors (Lipinski definition) is 2. The van der Waals surface area contributed by atoms with E-state index in [0.29, 0.717) is 0 Å². The van der Waals surface area contributed by atoms with E-state index in [4.69, 9.17) is 10.2 Å². The second-order valence-corrected chi connectivity index (χ2v) is 5.39. The van der Waals surface area contributed by atoms with E-state index >= 15 is 0 Å². The molecule has 0 unspecified atom stereocenters. The zero-order chi connectivity index (χ0) is 14.7. The second kappa shape index (κ2) is 6.04. The van der Waals surface area contributed by atoms with Gasteiger partial charge in [-0.1, -0.05) is 30.3 Å². The maximum Gasteiger partial charge on any atom is 0.332 e. The second-order valence-electron chi connectivity index (χ2n) is 4.23. The number of halogens is 1. The lowest BCUT2D eigenvalue weighted by Crippen LogP contribution is -2.06. The minimum Gasteiger partial charge on any atom is -0.481 e. The molecule has 20 heavy (non-hydrogen) atoms. The van der Waals surface area contributed by atoms with E-state index in [1.165, 1.54) is 6.08 Å². The SMILES string of the molecule is O=C(O)CC(=Cc1c(I)ccc2ccccc12)C(=O)O. The Morgan fingerprint density at radius 1 is 1.10 bits per heavy atom. The largest absolute Gasteiger partial charge is 0.481 e. The number of carbonyl (C=O) groups is 2. The van der Waals surface area contributed by atoms with E-state index in [-0.39, 0.29) is 5.57 Å². The average Bonchev–Trinajstić information content (AvgIpc) is 2.40. The van der Waals surface area contributed by atoms with E-state index in [0.717, 1.165) is 19.9 Å². The van der Waals surface area contributed by atoms with Gasteiger partial charge in [0.15, 0.2) is 0 Å². The number of rotatable bonds is 4. The van der Waals surface area contributed by atoms with Gasteiger partial charge in [0.25, 0.3) is 0 Å². The summed E-state index contributed by atoms with van der Waals surface area (Å²) in [4.78, 5) is 21.9. The Balaban J connectivity index is 2.64. The zero-order valence-electron chi connectivity index (χ0n) is 10.3. The molecule has 0 bridgehead atoms. The van der Waals surface area contributed by atoms with Crippen LogP contribution in [0.15, 0.2) is 42.0 Å². The molecule has 0 radical (unpaired) electrons. The summed E-state index contributed by atoms with van der Waals surface area (Å²) < 4.78 is 0.880. The molecule has 4 nitrogen and oxygen atoms in total. The first kappa shape index (κ1) is 14.5. The van der Waals surface area contributed by atoms with Crippen LogP contribution in [0.2, 0.25) is 0 Å². The first-order valence-electron chi connectivity index (χ1n) is 5.82. The van der Waals surface area contributed by atoms with Crippen molar-refractivity contribution >= 4 is 51.4 Å². The summed E-state index contributed by atoms with van der Waals surface area (Å²) in [6.45, 7) is 0. The molecule has 102 valence electrons. The van der Waals surface area contributed by atoms with Crippen molar-refractivity contribution < 1.29 is 19.8 Å². The maximum absolute atomic E-state index is 11.2. The van der Waals surface area contributed by atoms with Gasteiger partial charge in [0.1, 0.15) is 0 Å². The van der Waals surface area contributed by atoms with E-state index in [9.17, 15) is 9.59 Å². The van der Waals surface area contributed by atoms with Gasteiger partial charge in [0.2, 0.25) is 0 Å². The number of carboxylic acids is 2. The monoisotopic (exact) mass is 382 g/mol. The fourth-order valence-electron chi connectivity index (χ4n) is 1.94. The topological polar surface area (TPSA) is 74.6 Å². The highest BCUT2D eigenvalue weighted by Crippen LogP contribution is 2.26. The Morgan fingerprint density at radius 3 is 2.45 bits per heavy atom. The van der Waals surface area contributed by atoms with Crippen LogP contribution in [0.4, 0.5) is 0 Å².